The maximum Gasteiger partial charge on any atom is 0.256 e. The number of rotatable bonds is 5. The molecule has 0 radical (unpaired) electrons. The number of aromatic amines is 1. The largest absolute Gasteiger partial charge is 0.344 e. The summed E-state index contributed by atoms with van der Waals surface area (Å²) >= 11 is 0. The Bertz CT molecular complexity index is 702. The lowest BCUT2D eigenvalue weighted by molar-refractivity contribution is 0.0671. The zero-order valence-electron chi connectivity index (χ0n) is 14.4. The second-order valence-electron chi connectivity index (χ2n) is 6.47. The van der Waals surface area contributed by atoms with Gasteiger partial charge in [-0.1, -0.05) is 13.8 Å². The summed E-state index contributed by atoms with van der Waals surface area (Å²) in [6.45, 7) is 9.05. The summed E-state index contributed by atoms with van der Waals surface area (Å²) < 4.78 is 13.8. The summed E-state index contributed by atoms with van der Waals surface area (Å²) in [7, 11) is 0. The summed E-state index contributed by atoms with van der Waals surface area (Å²) in [4.78, 5) is 24.1. The van der Waals surface area contributed by atoms with Crippen molar-refractivity contribution < 1.29 is 9.18 Å². The van der Waals surface area contributed by atoms with E-state index in [4.69, 9.17) is 0 Å². The molecule has 1 aliphatic rings. The first kappa shape index (κ1) is 16.9. The summed E-state index contributed by atoms with van der Waals surface area (Å²) in [5.41, 5.74) is 1.47. The van der Waals surface area contributed by atoms with Crippen LogP contribution in [0.15, 0.2) is 18.5 Å². The van der Waals surface area contributed by atoms with E-state index in [0.29, 0.717) is 22.5 Å². The Hall–Kier alpha value is -1.95. The topological polar surface area (TPSA) is 52.2 Å². The number of nitrogens with zero attached hydrogens (tertiary/aromatic N) is 3. The van der Waals surface area contributed by atoms with Crippen molar-refractivity contribution in [2.45, 2.75) is 26.7 Å². The summed E-state index contributed by atoms with van der Waals surface area (Å²) in [6.07, 6.45) is 3.50. The Morgan fingerprint density at radius 1 is 1.33 bits per heavy atom. The zero-order chi connectivity index (χ0) is 17.1. The number of benzene rings is 1. The van der Waals surface area contributed by atoms with Gasteiger partial charge in [0.15, 0.2) is 0 Å². The molecule has 1 fully saturated rings. The average Bonchev–Trinajstić information content (AvgIpc) is 3.07. The van der Waals surface area contributed by atoms with E-state index in [2.05, 4.69) is 28.7 Å². The molecule has 0 spiro atoms. The molecular weight excluding hydrogens is 307 g/mol. The van der Waals surface area contributed by atoms with Crippen LogP contribution in [0, 0.1) is 11.7 Å². The third-order valence-corrected chi connectivity index (χ3v) is 5.03. The van der Waals surface area contributed by atoms with Crippen LogP contribution in [0.3, 0.4) is 0 Å². The molecule has 1 aromatic heterocycles. The highest BCUT2D eigenvalue weighted by Gasteiger charge is 2.26. The first-order valence-corrected chi connectivity index (χ1v) is 8.76. The molecule has 6 heteroatoms. The van der Waals surface area contributed by atoms with Crippen LogP contribution in [0.5, 0.6) is 0 Å². The van der Waals surface area contributed by atoms with E-state index in [1.54, 1.807) is 0 Å². The number of fused-ring (bicyclic) bond motifs is 1. The number of hydrogen-bond donors (Lipinski definition) is 1. The van der Waals surface area contributed by atoms with Gasteiger partial charge in [-0.05, 0) is 44.0 Å². The minimum Gasteiger partial charge on any atom is -0.344 e. The lowest BCUT2D eigenvalue weighted by Gasteiger charge is -2.34. The molecule has 1 aliphatic heterocycles. The lowest BCUT2D eigenvalue weighted by atomic mass is 9.95. The number of hydrogen-bond acceptors (Lipinski definition) is 3. The van der Waals surface area contributed by atoms with Crippen molar-refractivity contribution in [1.82, 2.24) is 19.8 Å². The van der Waals surface area contributed by atoms with E-state index in [-0.39, 0.29) is 5.91 Å². The van der Waals surface area contributed by atoms with E-state index < -0.39 is 5.82 Å². The number of H-pyrrole nitrogens is 1. The lowest BCUT2D eigenvalue weighted by Crippen LogP contribution is -2.41. The smallest absolute Gasteiger partial charge is 0.256 e. The van der Waals surface area contributed by atoms with Crippen molar-refractivity contribution >= 4 is 16.9 Å². The molecule has 0 saturated carbocycles. The van der Waals surface area contributed by atoms with Crippen molar-refractivity contribution in [3.8, 4) is 0 Å². The van der Waals surface area contributed by atoms with Gasteiger partial charge in [0.1, 0.15) is 11.3 Å². The van der Waals surface area contributed by atoms with Crippen molar-refractivity contribution in [3.63, 3.8) is 0 Å². The average molecular weight is 332 g/mol. The Labute approximate surface area is 141 Å². The fourth-order valence-corrected chi connectivity index (χ4v) is 3.51. The third-order valence-electron chi connectivity index (χ3n) is 5.03. The first-order valence-electron chi connectivity index (χ1n) is 8.76. The van der Waals surface area contributed by atoms with Gasteiger partial charge in [0, 0.05) is 19.6 Å². The van der Waals surface area contributed by atoms with Gasteiger partial charge in [-0.25, -0.2) is 9.37 Å². The van der Waals surface area contributed by atoms with Crippen molar-refractivity contribution in [2.75, 3.05) is 32.7 Å². The van der Waals surface area contributed by atoms with Crippen molar-refractivity contribution in [1.29, 1.82) is 0 Å². The predicted octanol–water partition coefficient (Wildman–Crippen LogP) is 2.90. The van der Waals surface area contributed by atoms with Crippen LogP contribution < -0.4 is 0 Å². The molecule has 0 unspecified atom stereocenters. The van der Waals surface area contributed by atoms with Gasteiger partial charge in [0.05, 0.1) is 17.4 Å². The molecule has 0 atom stereocenters. The monoisotopic (exact) mass is 332 g/mol. The standard InChI is InChI=1S/C18H25FN4O/c1-3-22(4-2)11-13-5-7-23(8-6-13)18(24)15-9-14(19)10-16-17(15)21-12-20-16/h9-10,12-13H,3-8,11H2,1-2H3,(H,20,21). The number of carbonyl (C=O) groups is 1. The van der Waals surface area contributed by atoms with Crippen LogP contribution in [-0.2, 0) is 0 Å². The molecule has 2 heterocycles. The number of aromatic nitrogens is 2. The zero-order valence-corrected chi connectivity index (χ0v) is 14.4. The highest BCUT2D eigenvalue weighted by molar-refractivity contribution is 6.04. The Balaban J connectivity index is 1.68. The second-order valence-corrected chi connectivity index (χ2v) is 6.47. The summed E-state index contributed by atoms with van der Waals surface area (Å²) in [5, 5.41) is 0. The van der Waals surface area contributed by atoms with Gasteiger partial charge in [0.2, 0.25) is 0 Å². The molecule has 5 nitrogen and oxygen atoms in total. The SMILES string of the molecule is CCN(CC)CC1CCN(C(=O)c2cc(F)cc3[nH]cnc23)CC1. The fraction of sp³-hybridized carbons (Fsp3) is 0.556. The van der Waals surface area contributed by atoms with E-state index in [1.165, 1.54) is 18.5 Å². The third kappa shape index (κ3) is 3.43. The fourth-order valence-electron chi connectivity index (χ4n) is 3.51. The van der Waals surface area contributed by atoms with E-state index in [9.17, 15) is 9.18 Å². The maximum absolute atomic E-state index is 13.8. The number of nitrogens with one attached hydrogen (secondary N) is 1. The van der Waals surface area contributed by atoms with Crippen molar-refractivity contribution in [2.24, 2.45) is 5.92 Å². The minimum atomic E-state index is -0.411. The molecule has 0 aliphatic carbocycles. The molecule has 1 amide bonds. The number of imidazole rings is 1. The predicted molar refractivity (Wildman–Crippen MR) is 92.5 cm³/mol. The quantitative estimate of drug-likeness (QED) is 0.916. The van der Waals surface area contributed by atoms with Crippen molar-refractivity contribution in [3.05, 3.63) is 29.8 Å². The van der Waals surface area contributed by atoms with Crippen LogP contribution in [-0.4, -0.2) is 58.4 Å². The van der Waals surface area contributed by atoms with Gasteiger partial charge in [-0.2, -0.15) is 0 Å². The molecule has 2 aromatic rings. The molecule has 24 heavy (non-hydrogen) atoms. The van der Waals surface area contributed by atoms with Gasteiger partial charge < -0.3 is 14.8 Å². The van der Waals surface area contributed by atoms with E-state index in [1.807, 2.05) is 4.90 Å². The van der Waals surface area contributed by atoms with Crippen LogP contribution >= 0.6 is 0 Å². The molecule has 3 rings (SSSR count). The minimum absolute atomic E-state index is 0.118. The van der Waals surface area contributed by atoms with Crippen LogP contribution in [0.2, 0.25) is 0 Å². The van der Waals surface area contributed by atoms with E-state index in [0.717, 1.165) is 45.6 Å². The number of likely N-dealkylation sites (tertiary alicyclic amines) is 1. The Morgan fingerprint density at radius 3 is 2.71 bits per heavy atom. The molecule has 130 valence electrons. The van der Waals surface area contributed by atoms with Crippen LogP contribution in [0.1, 0.15) is 37.0 Å². The second kappa shape index (κ2) is 7.30. The normalized spacial score (nSPS) is 16.2. The maximum atomic E-state index is 13.8. The van der Waals surface area contributed by atoms with Gasteiger partial charge >= 0.3 is 0 Å². The molecule has 1 aromatic carbocycles. The molecular formula is C18H25FN4O. The Morgan fingerprint density at radius 2 is 2.04 bits per heavy atom. The van der Waals surface area contributed by atoms with Crippen LogP contribution in [0.4, 0.5) is 4.39 Å². The number of piperidine rings is 1. The van der Waals surface area contributed by atoms with Gasteiger partial charge in [-0.3, -0.25) is 4.79 Å². The molecule has 1 saturated heterocycles. The highest BCUT2D eigenvalue weighted by Crippen LogP contribution is 2.23. The Kier molecular flexibility index (Phi) is 5.14. The molecule has 0 bridgehead atoms. The summed E-state index contributed by atoms with van der Waals surface area (Å²) in [5.74, 6) is 0.103. The summed E-state index contributed by atoms with van der Waals surface area (Å²) in [6, 6.07) is 2.67. The highest BCUT2D eigenvalue weighted by atomic mass is 19.1. The van der Waals surface area contributed by atoms with E-state index >= 15 is 0 Å². The number of halogens is 1. The molecule has 1 N–H and O–H groups in total. The first-order chi connectivity index (χ1) is 11.6. The number of amides is 1. The van der Waals surface area contributed by atoms with Crippen LogP contribution in [0.25, 0.3) is 11.0 Å². The van der Waals surface area contributed by atoms with Gasteiger partial charge in [-0.15, -0.1) is 0 Å². The van der Waals surface area contributed by atoms with Gasteiger partial charge in [0.25, 0.3) is 5.91 Å². The number of carbonyl (C=O) groups excluding carboxylic acids is 1.